The fraction of sp³-hybridized carbons (Fsp3) is 0.474. The van der Waals surface area contributed by atoms with E-state index in [-0.39, 0.29) is 23.7 Å². The van der Waals surface area contributed by atoms with Crippen molar-refractivity contribution in [1.82, 2.24) is 14.9 Å². The molecular weight excluding hydrogens is 350 g/mol. The molecule has 3 aliphatic heterocycles. The van der Waals surface area contributed by atoms with Crippen LogP contribution < -0.4 is 0 Å². The van der Waals surface area contributed by atoms with Crippen molar-refractivity contribution in [1.29, 1.82) is 0 Å². The van der Waals surface area contributed by atoms with Crippen LogP contribution in [0.15, 0.2) is 24.3 Å². The largest absolute Gasteiger partial charge is 0.338 e. The van der Waals surface area contributed by atoms with E-state index in [2.05, 4.69) is 0 Å². The third-order valence-electron chi connectivity index (χ3n) is 5.34. The van der Waals surface area contributed by atoms with Gasteiger partial charge in [0.25, 0.3) is 11.8 Å². The highest BCUT2D eigenvalue weighted by molar-refractivity contribution is 6.20. The Labute approximate surface area is 156 Å². The molecule has 0 N–H and O–H groups in total. The normalized spacial score (nSPS) is 22.2. The fourth-order valence-corrected chi connectivity index (χ4v) is 3.87. The van der Waals surface area contributed by atoms with Crippen LogP contribution in [0.25, 0.3) is 0 Å². The molecule has 3 heterocycles. The van der Waals surface area contributed by atoms with E-state index in [0.717, 1.165) is 25.9 Å². The first-order valence-corrected chi connectivity index (χ1v) is 9.30. The van der Waals surface area contributed by atoms with E-state index in [0.29, 0.717) is 24.4 Å². The number of carbonyl (C=O) groups excluding carboxylic acids is 4. The zero-order valence-corrected chi connectivity index (χ0v) is 14.9. The van der Waals surface area contributed by atoms with Crippen LogP contribution in [-0.2, 0) is 9.63 Å². The summed E-state index contributed by atoms with van der Waals surface area (Å²) in [6.07, 6.45) is 3.25. The average molecular weight is 371 g/mol. The molecule has 1 aromatic rings. The van der Waals surface area contributed by atoms with Gasteiger partial charge >= 0.3 is 12.0 Å². The minimum absolute atomic E-state index is 0.0502. The molecule has 0 spiro atoms. The summed E-state index contributed by atoms with van der Waals surface area (Å²) in [5, 5.41) is 0.536. The topological polar surface area (TPSA) is 87.2 Å². The van der Waals surface area contributed by atoms with Gasteiger partial charge in [-0.3, -0.25) is 9.59 Å². The number of hydroxylamine groups is 2. The number of fused-ring (bicyclic) bond motifs is 1. The van der Waals surface area contributed by atoms with Crippen LogP contribution in [0.1, 0.15) is 46.4 Å². The van der Waals surface area contributed by atoms with Gasteiger partial charge in [0.2, 0.25) is 0 Å². The second-order valence-electron chi connectivity index (χ2n) is 7.12. The summed E-state index contributed by atoms with van der Waals surface area (Å²) in [6.45, 7) is 2.35. The van der Waals surface area contributed by atoms with E-state index < -0.39 is 23.7 Å². The minimum Gasteiger partial charge on any atom is -0.329 e. The molecule has 3 aliphatic rings. The molecule has 0 aromatic heterocycles. The second kappa shape index (κ2) is 7.02. The van der Waals surface area contributed by atoms with Crippen LogP contribution in [0.2, 0.25) is 0 Å². The molecule has 4 amide bonds. The van der Waals surface area contributed by atoms with E-state index in [4.69, 9.17) is 4.84 Å². The van der Waals surface area contributed by atoms with Crippen LogP contribution in [0.4, 0.5) is 4.79 Å². The third-order valence-corrected chi connectivity index (χ3v) is 5.34. The molecule has 8 nitrogen and oxygen atoms in total. The lowest BCUT2D eigenvalue weighted by molar-refractivity contribution is -0.175. The van der Waals surface area contributed by atoms with Crippen molar-refractivity contribution in [3.8, 4) is 0 Å². The van der Waals surface area contributed by atoms with E-state index in [9.17, 15) is 19.2 Å². The Morgan fingerprint density at radius 2 is 1.48 bits per heavy atom. The van der Waals surface area contributed by atoms with Gasteiger partial charge in [0, 0.05) is 26.2 Å². The maximum absolute atomic E-state index is 12.6. The first kappa shape index (κ1) is 17.5. The lowest BCUT2D eigenvalue weighted by Gasteiger charge is -2.34. The van der Waals surface area contributed by atoms with Gasteiger partial charge in [-0.15, -0.1) is 0 Å². The van der Waals surface area contributed by atoms with Crippen molar-refractivity contribution >= 4 is 23.8 Å². The van der Waals surface area contributed by atoms with Crippen molar-refractivity contribution in [2.24, 2.45) is 5.92 Å². The molecule has 0 bridgehead atoms. The van der Waals surface area contributed by atoms with Crippen molar-refractivity contribution in [3.63, 3.8) is 0 Å². The molecule has 1 aromatic carbocycles. The predicted molar refractivity (Wildman–Crippen MR) is 93.5 cm³/mol. The molecule has 1 atom stereocenters. The summed E-state index contributed by atoms with van der Waals surface area (Å²) < 4.78 is 0. The van der Waals surface area contributed by atoms with Crippen molar-refractivity contribution in [2.45, 2.75) is 25.7 Å². The van der Waals surface area contributed by atoms with E-state index in [1.54, 1.807) is 21.9 Å². The van der Waals surface area contributed by atoms with Gasteiger partial charge < -0.3 is 14.6 Å². The number of piperidine rings is 1. The number of rotatable bonds is 2. The number of benzene rings is 1. The van der Waals surface area contributed by atoms with Crippen LogP contribution in [0, 0.1) is 5.92 Å². The van der Waals surface area contributed by atoms with Gasteiger partial charge in [-0.05, 0) is 37.8 Å². The number of hydrogen-bond acceptors (Lipinski definition) is 5. The lowest BCUT2D eigenvalue weighted by Crippen LogP contribution is -2.49. The van der Waals surface area contributed by atoms with Gasteiger partial charge in [0.1, 0.15) is 0 Å². The summed E-state index contributed by atoms with van der Waals surface area (Å²) in [5.74, 6) is -2.47. The molecule has 0 radical (unpaired) electrons. The Hall–Kier alpha value is -2.90. The molecule has 1 unspecified atom stereocenters. The Morgan fingerprint density at radius 3 is 2.11 bits per heavy atom. The van der Waals surface area contributed by atoms with E-state index >= 15 is 0 Å². The molecule has 0 aliphatic carbocycles. The van der Waals surface area contributed by atoms with E-state index in [1.165, 1.54) is 12.1 Å². The average Bonchev–Trinajstić information content (AvgIpc) is 3.32. The molecular formula is C19H21N3O5. The number of carbonyl (C=O) groups is 4. The number of likely N-dealkylation sites (tertiary alicyclic amines) is 2. The van der Waals surface area contributed by atoms with Crippen molar-refractivity contribution in [3.05, 3.63) is 35.4 Å². The smallest absolute Gasteiger partial charge is 0.329 e. The summed E-state index contributed by atoms with van der Waals surface area (Å²) >= 11 is 0. The Balaban J connectivity index is 1.40. The predicted octanol–water partition coefficient (Wildman–Crippen LogP) is 1.67. The van der Waals surface area contributed by atoms with Crippen LogP contribution in [0.3, 0.4) is 0 Å². The Kier molecular flexibility index (Phi) is 4.55. The zero-order valence-electron chi connectivity index (χ0n) is 14.9. The quantitative estimate of drug-likeness (QED) is 0.738. The van der Waals surface area contributed by atoms with E-state index in [1.807, 2.05) is 0 Å². The van der Waals surface area contributed by atoms with Crippen molar-refractivity contribution < 1.29 is 24.0 Å². The summed E-state index contributed by atoms with van der Waals surface area (Å²) in [5.41, 5.74) is 0.453. The Morgan fingerprint density at radius 1 is 0.889 bits per heavy atom. The van der Waals surface area contributed by atoms with Crippen LogP contribution >= 0.6 is 0 Å². The van der Waals surface area contributed by atoms with Crippen LogP contribution in [-0.4, -0.2) is 64.9 Å². The Bertz CT molecular complexity index is 767. The SMILES string of the molecule is O=C(ON1C(=O)c2ccccc2C1=O)C1CCCN(C(=O)N2CCCC2)C1. The van der Waals surface area contributed by atoms with Gasteiger partial charge in [-0.2, -0.15) is 0 Å². The highest BCUT2D eigenvalue weighted by Crippen LogP contribution is 2.25. The third kappa shape index (κ3) is 3.15. The molecule has 27 heavy (non-hydrogen) atoms. The van der Waals surface area contributed by atoms with Crippen molar-refractivity contribution in [2.75, 3.05) is 26.2 Å². The molecule has 4 rings (SSSR count). The number of nitrogens with zero attached hydrogens (tertiary/aromatic N) is 3. The maximum Gasteiger partial charge on any atom is 0.338 e. The first-order valence-electron chi connectivity index (χ1n) is 9.30. The first-order chi connectivity index (χ1) is 13.1. The summed E-state index contributed by atoms with van der Waals surface area (Å²) in [6, 6.07) is 6.31. The zero-order chi connectivity index (χ0) is 19.0. The standard InChI is InChI=1S/C19H21N3O5/c23-16-14-7-1-2-8-15(14)17(24)22(16)27-18(25)13-6-5-11-21(12-13)19(26)20-9-3-4-10-20/h1-2,7-8,13H,3-6,9-12H2. The molecule has 2 fully saturated rings. The van der Waals surface area contributed by atoms with Crippen LogP contribution in [0.5, 0.6) is 0 Å². The summed E-state index contributed by atoms with van der Waals surface area (Å²) in [7, 11) is 0. The van der Waals surface area contributed by atoms with Gasteiger partial charge in [-0.1, -0.05) is 17.2 Å². The maximum atomic E-state index is 12.6. The molecule has 8 heteroatoms. The minimum atomic E-state index is -0.650. The number of hydrogen-bond donors (Lipinski definition) is 0. The number of amides is 4. The highest BCUT2D eigenvalue weighted by atomic mass is 16.7. The van der Waals surface area contributed by atoms with Gasteiger partial charge in [0.15, 0.2) is 0 Å². The number of imide groups is 1. The fourth-order valence-electron chi connectivity index (χ4n) is 3.87. The summed E-state index contributed by atoms with van der Waals surface area (Å²) in [4.78, 5) is 58.4. The van der Waals surface area contributed by atoms with Gasteiger partial charge in [-0.25, -0.2) is 9.59 Å². The molecule has 142 valence electrons. The second-order valence-corrected chi connectivity index (χ2v) is 7.12. The van der Waals surface area contributed by atoms with Gasteiger partial charge in [0.05, 0.1) is 17.0 Å². The molecule has 0 saturated carbocycles. The lowest BCUT2D eigenvalue weighted by atomic mass is 9.98. The highest BCUT2D eigenvalue weighted by Gasteiger charge is 2.41. The molecule has 2 saturated heterocycles. The number of urea groups is 1. The monoisotopic (exact) mass is 371 g/mol.